The Balaban J connectivity index is 1.87. The van der Waals surface area contributed by atoms with Crippen molar-refractivity contribution in [1.29, 1.82) is 0 Å². The van der Waals surface area contributed by atoms with E-state index in [0.29, 0.717) is 25.3 Å². The van der Waals surface area contributed by atoms with Crippen LogP contribution in [0.5, 0.6) is 0 Å². The van der Waals surface area contributed by atoms with E-state index >= 15 is 0 Å². The smallest absolute Gasteiger partial charge is 0.299 e. The van der Waals surface area contributed by atoms with Gasteiger partial charge in [0, 0.05) is 64.5 Å². The van der Waals surface area contributed by atoms with E-state index in [4.69, 9.17) is 0 Å². The number of hydrogen-bond acceptors (Lipinski definition) is 5. The van der Waals surface area contributed by atoms with E-state index in [1.165, 1.54) is 22.4 Å². The molecule has 0 unspecified atom stereocenters. The Hall–Kier alpha value is -2.48. The third kappa shape index (κ3) is 2.84. The topological polar surface area (TPSA) is 82.1 Å². The number of aromatic nitrogens is 4. The second kappa shape index (κ2) is 6.20. The fourth-order valence-electron chi connectivity index (χ4n) is 3.02. The number of nitrogens with zero attached hydrogens (tertiary/aromatic N) is 5. The van der Waals surface area contributed by atoms with E-state index in [1.54, 1.807) is 13.1 Å². The van der Waals surface area contributed by atoms with Gasteiger partial charge >= 0.3 is 5.69 Å². The lowest BCUT2D eigenvalue weighted by atomic mass is 10.1. The summed E-state index contributed by atoms with van der Waals surface area (Å²) in [6.45, 7) is 4.30. The highest BCUT2D eigenvalue weighted by molar-refractivity contribution is 5.21. The Bertz CT molecular complexity index is 954. The van der Waals surface area contributed by atoms with E-state index in [0.717, 1.165) is 28.8 Å². The highest BCUT2D eigenvalue weighted by Crippen LogP contribution is 2.16. The molecule has 0 amide bonds. The SMILES string of the molecule is CCn1nc2c(cc1=O)CN(Cc1cc(=O)n(C)c(=O)n1C)CC2. The van der Waals surface area contributed by atoms with Gasteiger partial charge in [-0.2, -0.15) is 5.10 Å². The van der Waals surface area contributed by atoms with Crippen molar-refractivity contribution in [2.75, 3.05) is 6.54 Å². The molecule has 0 N–H and O–H groups in total. The predicted octanol–water partition coefficient (Wildman–Crippen LogP) is -0.781. The lowest BCUT2D eigenvalue weighted by molar-refractivity contribution is 0.234. The van der Waals surface area contributed by atoms with Crippen LogP contribution in [0, 0.1) is 0 Å². The van der Waals surface area contributed by atoms with Gasteiger partial charge in [-0.05, 0) is 12.5 Å². The molecule has 0 saturated carbocycles. The van der Waals surface area contributed by atoms with E-state index in [-0.39, 0.29) is 16.8 Å². The number of aryl methyl sites for hydroxylation is 1. The molecule has 3 heterocycles. The van der Waals surface area contributed by atoms with Gasteiger partial charge in [0.15, 0.2) is 0 Å². The van der Waals surface area contributed by atoms with Crippen LogP contribution in [0.25, 0.3) is 0 Å². The van der Waals surface area contributed by atoms with Crippen LogP contribution in [0.1, 0.15) is 23.9 Å². The van der Waals surface area contributed by atoms with Gasteiger partial charge in [-0.1, -0.05) is 0 Å². The normalized spacial score (nSPS) is 14.6. The molecule has 0 aromatic carbocycles. The first-order valence-corrected chi connectivity index (χ1v) is 7.99. The van der Waals surface area contributed by atoms with Gasteiger partial charge in [-0.15, -0.1) is 0 Å². The van der Waals surface area contributed by atoms with E-state index < -0.39 is 0 Å². The molecule has 2 aromatic heterocycles. The van der Waals surface area contributed by atoms with Crippen LogP contribution < -0.4 is 16.8 Å². The maximum atomic E-state index is 12.0. The molecule has 0 bridgehead atoms. The molecule has 2 aromatic rings. The number of hydrogen-bond donors (Lipinski definition) is 0. The zero-order valence-electron chi connectivity index (χ0n) is 14.2. The molecule has 0 atom stereocenters. The van der Waals surface area contributed by atoms with Gasteiger partial charge in [0.05, 0.1) is 5.69 Å². The summed E-state index contributed by atoms with van der Waals surface area (Å²) in [6, 6.07) is 3.13. The van der Waals surface area contributed by atoms with Crippen LogP contribution in [0.15, 0.2) is 26.5 Å². The molecule has 24 heavy (non-hydrogen) atoms. The van der Waals surface area contributed by atoms with Crippen LogP contribution >= 0.6 is 0 Å². The molecule has 8 heteroatoms. The fourth-order valence-corrected chi connectivity index (χ4v) is 3.02. The van der Waals surface area contributed by atoms with Crippen LogP contribution in [0.3, 0.4) is 0 Å². The molecule has 8 nitrogen and oxygen atoms in total. The Labute approximate surface area is 138 Å². The van der Waals surface area contributed by atoms with Crippen molar-refractivity contribution in [3.8, 4) is 0 Å². The Morgan fingerprint density at radius 1 is 1.08 bits per heavy atom. The lowest BCUT2D eigenvalue weighted by Crippen LogP contribution is -2.40. The summed E-state index contributed by atoms with van der Waals surface area (Å²) >= 11 is 0. The largest absolute Gasteiger partial charge is 0.330 e. The first kappa shape index (κ1) is 16.4. The zero-order chi connectivity index (χ0) is 17.4. The lowest BCUT2D eigenvalue weighted by Gasteiger charge is -2.28. The van der Waals surface area contributed by atoms with Gasteiger partial charge in [-0.3, -0.25) is 23.6 Å². The Morgan fingerprint density at radius 2 is 1.83 bits per heavy atom. The summed E-state index contributed by atoms with van der Waals surface area (Å²) in [5.41, 5.74) is 1.80. The average molecular weight is 331 g/mol. The third-order valence-corrected chi connectivity index (χ3v) is 4.53. The van der Waals surface area contributed by atoms with Gasteiger partial charge in [-0.25, -0.2) is 9.48 Å². The van der Waals surface area contributed by atoms with Crippen molar-refractivity contribution >= 4 is 0 Å². The number of rotatable bonds is 3. The maximum Gasteiger partial charge on any atom is 0.330 e. The summed E-state index contributed by atoms with van der Waals surface area (Å²) in [7, 11) is 3.13. The third-order valence-electron chi connectivity index (χ3n) is 4.53. The monoisotopic (exact) mass is 331 g/mol. The van der Waals surface area contributed by atoms with Crippen LogP contribution in [0.4, 0.5) is 0 Å². The van der Waals surface area contributed by atoms with Crippen LogP contribution in [-0.2, 0) is 40.2 Å². The number of fused-ring (bicyclic) bond motifs is 1. The first-order chi connectivity index (χ1) is 11.4. The highest BCUT2D eigenvalue weighted by Gasteiger charge is 2.20. The van der Waals surface area contributed by atoms with E-state index in [1.807, 2.05) is 6.92 Å². The molecule has 1 aliphatic rings. The predicted molar refractivity (Wildman–Crippen MR) is 88.9 cm³/mol. The molecule has 0 aliphatic carbocycles. The minimum Gasteiger partial charge on any atom is -0.299 e. The van der Waals surface area contributed by atoms with Crippen molar-refractivity contribution < 1.29 is 0 Å². The summed E-state index contributed by atoms with van der Waals surface area (Å²) in [5, 5.41) is 4.40. The van der Waals surface area contributed by atoms with Gasteiger partial charge in [0.2, 0.25) is 0 Å². The highest BCUT2D eigenvalue weighted by atomic mass is 16.2. The van der Waals surface area contributed by atoms with Gasteiger partial charge < -0.3 is 0 Å². The van der Waals surface area contributed by atoms with E-state index in [2.05, 4.69) is 10.00 Å². The first-order valence-electron chi connectivity index (χ1n) is 7.99. The Kier molecular flexibility index (Phi) is 4.23. The molecular formula is C16H21N5O3. The molecule has 0 spiro atoms. The summed E-state index contributed by atoms with van der Waals surface area (Å²) < 4.78 is 4.05. The van der Waals surface area contributed by atoms with Crippen LogP contribution in [-0.4, -0.2) is 30.4 Å². The Morgan fingerprint density at radius 3 is 2.54 bits per heavy atom. The maximum absolute atomic E-state index is 12.0. The van der Waals surface area contributed by atoms with Crippen LogP contribution in [0.2, 0.25) is 0 Å². The minimum atomic E-state index is -0.331. The van der Waals surface area contributed by atoms with Crippen molar-refractivity contribution in [2.24, 2.45) is 14.1 Å². The molecular weight excluding hydrogens is 310 g/mol. The van der Waals surface area contributed by atoms with Gasteiger partial charge in [0.1, 0.15) is 0 Å². The van der Waals surface area contributed by atoms with Crippen molar-refractivity contribution in [3.63, 3.8) is 0 Å². The quantitative estimate of drug-likeness (QED) is 0.737. The van der Waals surface area contributed by atoms with E-state index in [9.17, 15) is 14.4 Å². The zero-order valence-corrected chi connectivity index (χ0v) is 14.2. The molecule has 1 aliphatic heterocycles. The van der Waals surface area contributed by atoms with Gasteiger partial charge in [0.25, 0.3) is 11.1 Å². The molecule has 3 rings (SSSR count). The van der Waals surface area contributed by atoms with Crippen molar-refractivity contribution in [3.05, 3.63) is 60.3 Å². The second-order valence-corrected chi connectivity index (χ2v) is 6.11. The summed E-state index contributed by atoms with van der Waals surface area (Å²) in [4.78, 5) is 37.9. The van der Waals surface area contributed by atoms with Crippen molar-refractivity contribution in [2.45, 2.75) is 33.0 Å². The standard InChI is InChI=1S/C16H21N5O3/c1-4-21-15(23)7-11-9-20(6-5-13(11)17-21)10-12-8-14(22)19(3)16(24)18(12)2/h7-8H,4-6,9-10H2,1-3H3. The molecule has 0 fully saturated rings. The average Bonchev–Trinajstić information content (AvgIpc) is 2.57. The summed E-state index contributed by atoms with van der Waals surface area (Å²) in [6.07, 6.45) is 0.744. The molecule has 0 radical (unpaired) electrons. The summed E-state index contributed by atoms with van der Waals surface area (Å²) in [5.74, 6) is 0. The van der Waals surface area contributed by atoms with Crippen molar-refractivity contribution in [1.82, 2.24) is 23.8 Å². The molecule has 0 saturated heterocycles. The minimum absolute atomic E-state index is 0.0981. The molecule has 128 valence electrons. The fraction of sp³-hybridized carbons (Fsp3) is 0.500. The second-order valence-electron chi connectivity index (χ2n) is 6.11.